The summed E-state index contributed by atoms with van der Waals surface area (Å²) in [7, 11) is 0. The predicted molar refractivity (Wildman–Crippen MR) is 118 cm³/mol. The van der Waals surface area contributed by atoms with E-state index in [1.54, 1.807) is 35.4 Å². The van der Waals surface area contributed by atoms with E-state index in [4.69, 9.17) is 4.42 Å². The molecule has 0 radical (unpaired) electrons. The van der Waals surface area contributed by atoms with E-state index in [1.165, 1.54) is 24.3 Å². The molecule has 0 bridgehead atoms. The molecule has 0 atom stereocenters. The smallest absolute Gasteiger partial charge is 0.444 e. The van der Waals surface area contributed by atoms with Crippen molar-refractivity contribution in [1.29, 1.82) is 0 Å². The molecule has 0 spiro atoms. The fraction of sp³-hybridized carbons (Fsp3) is 0.250. The SMILES string of the molecule is O=C(c1cccc(-c2noc(C(F)(F)F)n2)c1)N1CCN(Cc2coc(-c3ccc(F)cc3)n2)CC1. The number of alkyl halides is 3. The van der Waals surface area contributed by atoms with E-state index in [0.29, 0.717) is 49.7 Å². The van der Waals surface area contributed by atoms with Crippen LogP contribution in [0.15, 0.2) is 63.7 Å². The molecule has 0 N–H and O–H groups in total. The molecule has 5 rings (SSSR count). The fourth-order valence-electron chi connectivity index (χ4n) is 3.87. The lowest BCUT2D eigenvalue weighted by Gasteiger charge is -2.34. The Morgan fingerprint density at radius 1 is 0.972 bits per heavy atom. The third kappa shape index (κ3) is 5.13. The van der Waals surface area contributed by atoms with E-state index >= 15 is 0 Å². The van der Waals surface area contributed by atoms with Crippen LogP contribution in [0.3, 0.4) is 0 Å². The first-order chi connectivity index (χ1) is 17.3. The Balaban J connectivity index is 1.19. The van der Waals surface area contributed by atoms with Crippen molar-refractivity contribution in [3.8, 4) is 22.8 Å². The van der Waals surface area contributed by atoms with Gasteiger partial charge in [0.15, 0.2) is 0 Å². The minimum Gasteiger partial charge on any atom is -0.444 e. The van der Waals surface area contributed by atoms with E-state index in [2.05, 4.69) is 24.5 Å². The van der Waals surface area contributed by atoms with Gasteiger partial charge in [-0.2, -0.15) is 18.2 Å². The van der Waals surface area contributed by atoms with Crippen molar-refractivity contribution in [3.05, 3.63) is 77.8 Å². The molecule has 1 fully saturated rings. The standard InChI is InChI=1S/C24H19F4N5O3/c25-18-6-4-15(5-7-18)21-29-19(14-35-21)13-32-8-10-33(11-9-32)22(34)17-3-1-2-16(12-17)20-30-23(36-31-20)24(26,27)28/h1-7,12,14H,8-11,13H2. The average molecular weight is 501 g/mol. The number of aromatic nitrogens is 3. The molecule has 1 amide bonds. The molecule has 1 aliphatic rings. The number of carbonyl (C=O) groups excluding carboxylic acids is 1. The molecule has 0 unspecified atom stereocenters. The highest BCUT2D eigenvalue weighted by Crippen LogP contribution is 2.29. The number of oxazole rings is 1. The molecular formula is C24H19F4N5O3. The van der Waals surface area contributed by atoms with Crippen LogP contribution < -0.4 is 0 Å². The van der Waals surface area contributed by atoms with Crippen LogP contribution in [0.2, 0.25) is 0 Å². The normalized spacial score (nSPS) is 14.8. The summed E-state index contributed by atoms with van der Waals surface area (Å²) in [5.74, 6) is -1.86. The first-order valence-electron chi connectivity index (χ1n) is 11.0. The van der Waals surface area contributed by atoms with Gasteiger partial charge in [-0.25, -0.2) is 9.37 Å². The summed E-state index contributed by atoms with van der Waals surface area (Å²) >= 11 is 0. The topological polar surface area (TPSA) is 88.5 Å². The lowest BCUT2D eigenvalue weighted by molar-refractivity contribution is -0.159. The molecule has 8 nitrogen and oxygen atoms in total. The number of hydrogen-bond acceptors (Lipinski definition) is 7. The number of benzene rings is 2. The summed E-state index contributed by atoms with van der Waals surface area (Å²) in [6, 6.07) is 12.0. The largest absolute Gasteiger partial charge is 0.471 e. The Bertz CT molecular complexity index is 1360. The zero-order valence-electron chi connectivity index (χ0n) is 18.7. The zero-order valence-corrected chi connectivity index (χ0v) is 18.7. The van der Waals surface area contributed by atoms with Crippen molar-refractivity contribution >= 4 is 5.91 Å². The lowest BCUT2D eigenvalue weighted by Crippen LogP contribution is -2.48. The van der Waals surface area contributed by atoms with Crippen LogP contribution >= 0.6 is 0 Å². The molecule has 0 saturated carbocycles. The molecule has 1 saturated heterocycles. The summed E-state index contributed by atoms with van der Waals surface area (Å²) in [6.07, 6.45) is -3.18. The highest BCUT2D eigenvalue weighted by atomic mass is 19.4. The van der Waals surface area contributed by atoms with E-state index < -0.39 is 12.1 Å². The van der Waals surface area contributed by atoms with Crippen LogP contribution in [-0.2, 0) is 12.7 Å². The van der Waals surface area contributed by atoms with Gasteiger partial charge in [-0.15, -0.1) is 0 Å². The molecule has 36 heavy (non-hydrogen) atoms. The second kappa shape index (κ2) is 9.53. The van der Waals surface area contributed by atoms with E-state index in [9.17, 15) is 22.4 Å². The van der Waals surface area contributed by atoms with Crippen LogP contribution in [0, 0.1) is 5.82 Å². The maximum absolute atomic E-state index is 13.1. The summed E-state index contributed by atoms with van der Waals surface area (Å²) < 4.78 is 61.1. The van der Waals surface area contributed by atoms with Crippen molar-refractivity contribution in [2.75, 3.05) is 26.2 Å². The number of nitrogens with zero attached hydrogens (tertiary/aromatic N) is 5. The lowest BCUT2D eigenvalue weighted by atomic mass is 10.1. The van der Waals surface area contributed by atoms with Gasteiger partial charge in [0.25, 0.3) is 5.91 Å². The number of hydrogen-bond donors (Lipinski definition) is 0. The first kappa shape index (κ1) is 23.7. The van der Waals surface area contributed by atoms with Crippen molar-refractivity contribution in [2.24, 2.45) is 0 Å². The van der Waals surface area contributed by atoms with Crippen LogP contribution in [0.1, 0.15) is 21.9 Å². The van der Waals surface area contributed by atoms with Gasteiger partial charge in [0.1, 0.15) is 12.1 Å². The number of carbonyl (C=O) groups is 1. The summed E-state index contributed by atoms with van der Waals surface area (Å²) in [5.41, 5.74) is 1.97. The maximum Gasteiger partial charge on any atom is 0.471 e. The van der Waals surface area contributed by atoms with Gasteiger partial charge in [0.2, 0.25) is 11.7 Å². The van der Waals surface area contributed by atoms with Gasteiger partial charge in [-0.3, -0.25) is 9.69 Å². The molecule has 1 aliphatic heterocycles. The molecule has 186 valence electrons. The van der Waals surface area contributed by atoms with Crippen molar-refractivity contribution in [1.82, 2.24) is 24.9 Å². The Morgan fingerprint density at radius 2 is 1.72 bits per heavy atom. The second-order valence-corrected chi connectivity index (χ2v) is 8.22. The van der Waals surface area contributed by atoms with Gasteiger partial charge >= 0.3 is 12.1 Å². The van der Waals surface area contributed by atoms with Crippen molar-refractivity contribution < 1.29 is 31.3 Å². The molecule has 4 aromatic rings. The second-order valence-electron chi connectivity index (χ2n) is 8.22. The quantitative estimate of drug-likeness (QED) is 0.372. The zero-order chi connectivity index (χ0) is 25.3. The Labute approximate surface area is 202 Å². The molecule has 2 aromatic heterocycles. The molecule has 0 aliphatic carbocycles. The van der Waals surface area contributed by atoms with Crippen LogP contribution in [0.5, 0.6) is 0 Å². The molecule has 3 heterocycles. The first-order valence-corrected chi connectivity index (χ1v) is 11.0. The van der Waals surface area contributed by atoms with E-state index in [0.717, 1.165) is 5.69 Å². The molecular weight excluding hydrogens is 482 g/mol. The monoisotopic (exact) mass is 501 g/mol. The van der Waals surface area contributed by atoms with Gasteiger partial charge in [0, 0.05) is 49.4 Å². The Kier molecular flexibility index (Phi) is 6.27. The van der Waals surface area contributed by atoms with Gasteiger partial charge < -0.3 is 13.8 Å². The average Bonchev–Trinajstić information content (AvgIpc) is 3.55. The predicted octanol–water partition coefficient (Wildman–Crippen LogP) is 4.51. The minimum atomic E-state index is -4.74. The number of rotatable bonds is 5. The van der Waals surface area contributed by atoms with Crippen molar-refractivity contribution in [3.63, 3.8) is 0 Å². The van der Waals surface area contributed by atoms with Crippen LogP contribution in [0.25, 0.3) is 22.8 Å². The van der Waals surface area contributed by atoms with Crippen LogP contribution in [-0.4, -0.2) is 57.0 Å². The van der Waals surface area contributed by atoms with Crippen molar-refractivity contribution in [2.45, 2.75) is 12.7 Å². The summed E-state index contributed by atoms with van der Waals surface area (Å²) in [6.45, 7) is 2.66. The molecule has 12 heteroatoms. The Hall–Kier alpha value is -4.06. The van der Waals surface area contributed by atoms with Gasteiger partial charge in [-0.05, 0) is 36.4 Å². The third-order valence-corrected chi connectivity index (χ3v) is 5.72. The van der Waals surface area contributed by atoms with Crippen LogP contribution in [0.4, 0.5) is 17.6 Å². The number of amides is 1. The number of piperazine rings is 1. The number of halogens is 4. The maximum atomic E-state index is 13.1. The molecule has 2 aromatic carbocycles. The van der Waals surface area contributed by atoms with Gasteiger partial charge in [0.05, 0.1) is 5.69 Å². The summed E-state index contributed by atoms with van der Waals surface area (Å²) in [4.78, 5) is 24.7. The highest BCUT2D eigenvalue weighted by Gasteiger charge is 2.38. The fourth-order valence-corrected chi connectivity index (χ4v) is 3.87. The highest BCUT2D eigenvalue weighted by molar-refractivity contribution is 5.95. The van der Waals surface area contributed by atoms with Gasteiger partial charge in [-0.1, -0.05) is 17.3 Å². The Morgan fingerprint density at radius 3 is 2.42 bits per heavy atom. The third-order valence-electron chi connectivity index (χ3n) is 5.72. The summed E-state index contributed by atoms with van der Waals surface area (Å²) in [5, 5.41) is 3.37. The van der Waals surface area contributed by atoms with E-state index in [1.807, 2.05) is 0 Å². The van der Waals surface area contributed by atoms with E-state index in [-0.39, 0.29) is 23.1 Å². The minimum absolute atomic E-state index is 0.240.